The molecule has 146 valence electrons. The van der Waals surface area contributed by atoms with Gasteiger partial charge in [-0.05, 0) is 43.5 Å². The lowest BCUT2D eigenvalue weighted by Gasteiger charge is -2.45. The third kappa shape index (κ3) is 3.21. The second-order valence-corrected chi connectivity index (χ2v) is 8.16. The summed E-state index contributed by atoms with van der Waals surface area (Å²) in [6.07, 6.45) is 5.01. The minimum Gasteiger partial charge on any atom is -0.394 e. The van der Waals surface area contributed by atoms with E-state index in [1.54, 1.807) is 0 Å². The Morgan fingerprint density at radius 3 is 2.93 bits per heavy atom. The average Bonchev–Trinajstić information content (AvgIpc) is 2.98. The van der Waals surface area contributed by atoms with Crippen LogP contribution < -0.4 is 10.6 Å². The van der Waals surface area contributed by atoms with Crippen molar-refractivity contribution in [1.29, 1.82) is 0 Å². The van der Waals surface area contributed by atoms with E-state index in [1.165, 1.54) is 22.0 Å². The number of carbonyl (C=O) groups is 1. The van der Waals surface area contributed by atoms with Crippen LogP contribution in [-0.2, 0) is 13.5 Å². The normalized spacial score (nSPS) is 25.9. The Bertz CT molecular complexity index is 842. The lowest BCUT2D eigenvalue weighted by atomic mass is 9.74. The van der Waals surface area contributed by atoms with Crippen LogP contribution in [0.15, 0.2) is 24.4 Å². The molecule has 1 saturated heterocycles. The lowest BCUT2D eigenvalue weighted by Crippen LogP contribution is -2.57. The summed E-state index contributed by atoms with van der Waals surface area (Å²) in [5.41, 5.74) is 4.15. The molecule has 0 saturated carbocycles. The van der Waals surface area contributed by atoms with Crippen molar-refractivity contribution in [2.75, 3.05) is 20.2 Å². The van der Waals surface area contributed by atoms with Gasteiger partial charge in [0.2, 0.25) is 0 Å². The summed E-state index contributed by atoms with van der Waals surface area (Å²) in [6, 6.07) is 6.83. The minimum atomic E-state index is -0.186. The first-order chi connectivity index (χ1) is 13.0. The van der Waals surface area contributed by atoms with Gasteiger partial charge in [0, 0.05) is 48.7 Å². The van der Waals surface area contributed by atoms with Gasteiger partial charge in [-0.25, -0.2) is 4.79 Å². The van der Waals surface area contributed by atoms with E-state index in [-0.39, 0.29) is 24.7 Å². The van der Waals surface area contributed by atoms with Crippen molar-refractivity contribution in [3.05, 3.63) is 35.5 Å². The number of piperidine rings is 1. The molecule has 1 aromatic heterocycles. The third-order valence-electron chi connectivity index (χ3n) is 6.41. The van der Waals surface area contributed by atoms with E-state index >= 15 is 0 Å². The highest BCUT2D eigenvalue weighted by molar-refractivity contribution is 5.89. The molecule has 1 fully saturated rings. The number of urea groups is 1. The summed E-state index contributed by atoms with van der Waals surface area (Å²) in [6.45, 7) is 2.78. The lowest BCUT2D eigenvalue weighted by molar-refractivity contribution is 0.128. The van der Waals surface area contributed by atoms with Crippen molar-refractivity contribution in [1.82, 2.24) is 20.1 Å². The van der Waals surface area contributed by atoms with Gasteiger partial charge in [-0.2, -0.15) is 0 Å². The Morgan fingerprint density at radius 1 is 1.37 bits per heavy atom. The van der Waals surface area contributed by atoms with Gasteiger partial charge in [-0.3, -0.25) is 0 Å². The molecule has 2 aliphatic rings. The number of likely N-dealkylation sites (N-methyl/N-ethyl adjacent to an activating group) is 1. The average molecular weight is 370 g/mol. The van der Waals surface area contributed by atoms with Crippen LogP contribution in [0.5, 0.6) is 0 Å². The van der Waals surface area contributed by atoms with E-state index in [4.69, 9.17) is 0 Å². The summed E-state index contributed by atoms with van der Waals surface area (Å²) < 4.78 is 2.23. The molecule has 1 aliphatic carbocycles. The maximum absolute atomic E-state index is 12.3. The molecule has 4 rings (SSSR count). The number of aromatic nitrogens is 1. The van der Waals surface area contributed by atoms with Gasteiger partial charge >= 0.3 is 6.03 Å². The van der Waals surface area contributed by atoms with Gasteiger partial charge in [-0.15, -0.1) is 0 Å². The van der Waals surface area contributed by atoms with Gasteiger partial charge in [0.1, 0.15) is 0 Å². The summed E-state index contributed by atoms with van der Waals surface area (Å²) in [5.74, 6) is 0.424. The first-order valence-electron chi connectivity index (χ1n) is 9.96. The van der Waals surface area contributed by atoms with Gasteiger partial charge in [0.15, 0.2) is 0 Å². The van der Waals surface area contributed by atoms with E-state index in [2.05, 4.69) is 58.6 Å². The maximum Gasteiger partial charge on any atom is 0.315 e. The number of likely N-dealkylation sites (tertiary alicyclic amines) is 1. The molecule has 4 atom stereocenters. The number of nitrogens with one attached hydrogen (secondary N) is 2. The Kier molecular flexibility index (Phi) is 4.86. The Labute approximate surface area is 160 Å². The standard InChI is InChI=1S/C21H30N4O2/c1-4-14(12-26)22-21(27)23-15-9-17-16-6-5-7-18-20(16)13(10-24(18)2)8-19(17)25(3)11-15/h5-7,10,14-15,17,19,26H,4,8-9,11-12H2,1-3H3,(H2,22,23,27)/t14?,15?,17?,19-/m1/s1. The van der Waals surface area contributed by atoms with Crippen LogP contribution >= 0.6 is 0 Å². The molecule has 0 spiro atoms. The summed E-state index contributed by atoms with van der Waals surface area (Å²) in [7, 11) is 4.29. The van der Waals surface area contributed by atoms with Crippen molar-refractivity contribution in [3.63, 3.8) is 0 Å². The molecule has 1 aliphatic heterocycles. The number of rotatable bonds is 4. The number of carbonyl (C=O) groups excluding carboxylic acids is 1. The van der Waals surface area contributed by atoms with Gasteiger partial charge in [-0.1, -0.05) is 19.1 Å². The van der Waals surface area contributed by atoms with Crippen molar-refractivity contribution in [2.45, 2.75) is 50.2 Å². The molecule has 0 radical (unpaired) electrons. The van der Waals surface area contributed by atoms with Crippen LogP contribution in [-0.4, -0.2) is 58.9 Å². The molecule has 3 unspecified atom stereocenters. The monoisotopic (exact) mass is 370 g/mol. The summed E-state index contributed by atoms with van der Waals surface area (Å²) in [5, 5.41) is 16.7. The van der Waals surface area contributed by atoms with E-state index < -0.39 is 0 Å². The Morgan fingerprint density at radius 2 is 2.19 bits per heavy atom. The minimum absolute atomic E-state index is 0.0298. The van der Waals surface area contributed by atoms with Crippen molar-refractivity contribution >= 4 is 16.9 Å². The number of amides is 2. The van der Waals surface area contributed by atoms with Crippen LogP contribution in [0.1, 0.15) is 36.8 Å². The maximum atomic E-state index is 12.3. The molecule has 0 bridgehead atoms. The summed E-state index contributed by atoms with van der Waals surface area (Å²) >= 11 is 0. The molecule has 2 aromatic rings. The largest absolute Gasteiger partial charge is 0.394 e. The molecule has 6 nitrogen and oxygen atoms in total. The second-order valence-electron chi connectivity index (χ2n) is 8.16. The first-order valence-corrected chi connectivity index (χ1v) is 9.96. The number of aryl methyl sites for hydroxylation is 1. The zero-order valence-corrected chi connectivity index (χ0v) is 16.4. The van der Waals surface area contributed by atoms with E-state index in [1.807, 2.05) is 6.92 Å². The Hall–Kier alpha value is -2.05. The predicted octanol–water partition coefficient (Wildman–Crippen LogP) is 1.96. The molecule has 27 heavy (non-hydrogen) atoms. The number of hydrogen-bond donors (Lipinski definition) is 3. The highest BCUT2D eigenvalue weighted by atomic mass is 16.3. The zero-order chi connectivity index (χ0) is 19.1. The van der Waals surface area contributed by atoms with Gasteiger partial charge in [0.25, 0.3) is 0 Å². The highest BCUT2D eigenvalue weighted by Crippen LogP contribution is 2.43. The van der Waals surface area contributed by atoms with Crippen molar-refractivity contribution < 1.29 is 9.90 Å². The highest BCUT2D eigenvalue weighted by Gasteiger charge is 2.40. The van der Waals surface area contributed by atoms with E-state index in [0.29, 0.717) is 12.0 Å². The molecule has 6 heteroatoms. The van der Waals surface area contributed by atoms with E-state index in [9.17, 15) is 9.90 Å². The zero-order valence-electron chi connectivity index (χ0n) is 16.4. The van der Waals surface area contributed by atoms with Crippen LogP contribution in [0.3, 0.4) is 0 Å². The van der Waals surface area contributed by atoms with Crippen LogP contribution in [0.4, 0.5) is 4.79 Å². The number of fused-ring (bicyclic) bond motifs is 2. The fraction of sp³-hybridized carbons (Fsp3) is 0.571. The van der Waals surface area contributed by atoms with Crippen LogP contribution in [0.25, 0.3) is 10.9 Å². The quantitative estimate of drug-likeness (QED) is 0.771. The van der Waals surface area contributed by atoms with Crippen LogP contribution in [0, 0.1) is 0 Å². The van der Waals surface area contributed by atoms with Gasteiger partial charge in [0.05, 0.1) is 12.6 Å². The first kappa shape index (κ1) is 18.3. The van der Waals surface area contributed by atoms with Gasteiger partial charge < -0.3 is 25.2 Å². The fourth-order valence-corrected chi connectivity index (χ4v) is 5.01. The smallest absolute Gasteiger partial charge is 0.315 e. The molecule has 1 aromatic carbocycles. The van der Waals surface area contributed by atoms with Crippen LogP contribution in [0.2, 0.25) is 0 Å². The number of benzene rings is 1. The molecule has 2 amide bonds. The molecular formula is C21H30N4O2. The third-order valence-corrected chi connectivity index (χ3v) is 6.41. The van der Waals surface area contributed by atoms with E-state index in [0.717, 1.165) is 25.8 Å². The number of aliphatic hydroxyl groups is 1. The number of aliphatic hydroxyl groups excluding tert-OH is 1. The second kappa shape index (κ2) is 7.17. The SMILES string of the molecule is CCC(CO)NC(=O)NC1CC2c3cccc4c3c(cn4C)C[C@H]2N(C)C1. The molecule has 3 N–H and O–H groups in total. The number of hydrogen-bond acceptors (Lipinski definition) is 3. The fourth-order valence-electron chi connectivity index (χ4n) is 5.01. The Balaban J connectivity index is 1.56. The predicted molar refractivity (Wildman–Crippen MR) is 107 cm³/mol. The van der Waals surface area contributed by atoms with Crippen molar-refractivity contribution in [3.8, 4) is 0 Å². The van der Waals surface area contributed by atoms with Crippen molar-refractivity contribution in [2.24, 2.45) is 7.05 Å². The topological polar surface area (TPSA) is 69.5 Å². The molecular weight excluding hydrogens is 340 g/mol. The summed E-state index contributed by atoms with van der Waals surface area (Å²) in [4.78, 5) is 14.7. The molecule has 2 heterocycles. The number of nitrogens with zero attached hydrogens (tertiary/aromatic N) is 2.